The SMILES string of the molecule is Nc1[nH]c(=O)c(C(=O)O)c(-c2ccc(N(CCCl)CCCl)cc2)c1C(=O)O. The molecule has 0 aliphatic rings. The molecule has 0 atom stereocenters. The molecule has 0 aliphatic heterocycles. The van der Waals surface area contributed by atoms with Crippen LogP contribution >= 0.6 is 23.2 Å². The van der Waals surface area contributed by atoms with Gasteiger partial charge < -0.3 is 25.8 Å². The van der Waals surface area contributed by atoms with E-state index in [1.54, 1.807) is 12.1 Å². The largest absolute Gasteiger partial charge is 0.478 e. The molecule has 144 valence electrons. The number of aromatic carboxylic acids is 2. The number of anilines is 2. The number of benzene rings is 1. The predicted octanol–water partition coefficient (Wildman–Crippen LogP) is 2.30. The molecule has 10 heteroatoms. The third-order valence-corrected chi connectivity index (χ3v) is 4.24. The van der Waals surface area contributed by atoms with Gasteiger partial charge >= 0.3 is 11.9 Å². The van der Waals surface area contributed by atoms with Gasteiger partial charge in [0.15, 0.2) is 0 Å². The second-order valence-corrected chi connectivity index (χ2v) is 6.27. The number of alkyl halides is 2. The number of nitrogen functional groups attached to an aromatic ring is 1. The third-order valence-electron chi connectivity index (χ3n) is 3.90. The molecule has 1 heterocycles. The molecule has 0 aliphatic carbocycles. The molecule has 8 nitrogen and oxygen atoms in total. The maximum absolute atomic E-state index is 12.0. The number of nitrogens with one attached hydrogen (secondary N) is 1. The van der Waals surface area contributed by atoms with E-state index in [4.69, 9.17) is 28.9 Å². The monoisotopic (exact) mass is 413 g/mol. The van der Waals surface area contributed by atoms with Crippen LogP contribution in [0.15, 0.2) is 29.1 Å². The Balaban J connectivity index is 2.65. The van der Waals surface area contributed by atoms with E-state index < -0.39 is 34.4 Å². The zero-order chi connectivity index (χ0) is 20.1. The van der Waals surface area contributed by atoms with Crippen LogP contribution in [-0.2, 0) is 0 Å². The molecule has 2 aromatic rings. The molecule has 1 aromatic heterocycles. The first kappa shape index (κ1) is 20.6. The first-order valence-corrected chi connectivity index (χ1v) is 8.88. The van der Waals surface area contributed by atoms with Gasteiger partial charge in [0.05, 0.1) is 0 Å². The second kappa shape index (κ2) is 8.79. The second-order valence-electron chi connectivity index (χ2n) is 5.51. The van der Waals surface area contributed by atoms with E-state index in [9.17, 15) is 24.6 Å². The summed E-state index contributed by atoms with van der Waals surface area (Å²) in [6.45, 7) is 1.10. The molecule has 0 saturated carbocycles. The van der Waals surface area contributed by atoms with E-state index in [-0.39, 0.29) is 11.1 Å². The Morgan fingerprint density at radius 3 is 1.96 bits per heavy atom. The number of carboxylic acid groups (broad SMARTS) is 2. The zero-order valence-corrected chi connectivity index (χ0v) is 15.5. The Kier molecular flexibility index (Phi) is 6.70. The summed E-state index contributed by atoms with van der Waals surface area (Å²) < 4.78 is 0. The molecular weight excluding hydrogens is 397 g/mol. The number of H-pyrrole nitrogens is 1. The number of nitrogens with zero attached hydrogens (tertiary/aromatic N) is 1. The van der Waals surface area contributed by atoms with Gasteiger partial charge in [0.2, 0.25) is 0 Å². The van der Waals surface area contributed by atoms with Crippen LogP contribution in [0, 0.1) is 0 Å². The predicted molar refractivity (Wildman–Crippen MR) is 104 cm³/mol. The van der Waals surface area contributed by atoms with Crippen molar-refractivity contribution in [3.05, 3.63) is 45.7 Å². The summed E-state index contributed by atoms with van der Waals surface area (Å²) in [4.78, 5) is 39.2. The highest BCUT2D eigenvalue weighted by Crippen LogP contribution is 2.30. The summed E-state index contributed by atoms with van der Waals surface area (Å²) in [5.41, 5.74) is 4.24. The van der Waals surface area contributed by atoms with Crippen molar-refractivity contribution < 1.29 is 19.8 Å². The molecule has 5 N–H and O–H groups in total. The van der Waals surface area contributed by atoms with Gasteiger partial charge in [-0.05, 0) is 17.7 Å². The van der Waals surface area contributed by atoms with Crippen LogP contribution < -0.4 is 16.2 Å². The van der Waals surface area contributed by atoms with E-state index in [0.717, 1.165) is 5.69 Å². The van der Waals surface area contributed by atoms with Crippen LogP contribution in [0.5, 0.6) is 0 Å². The van der Waals surface area contributed by atoms with Crippen LogP contribution in [0.25, 0.3) is 11.1 Å². The number of halogens is 2. The average molecular weight is 414 g/mol. The molecule has 0 radical (unpaired) electrons. The van der Waals surface area contributed by atoms with Crippen LogP contribution in [0.2, 0.25) is 0 Å². The van der Waals surface area contributed by atoms with E-state index in [1.165, 1.54) is 12.1 Å². The van der Waals surface area contributed by atoms with Gasteiger partial charge in [0.1, 0.15) is 16.9 Å². The number of carboxylic acids is 2. The van der Waals surface area contributed by atoms with E-state index >= 15 is 0 Å². The third kappa shape index (κ3) is 4.35. The number of aromatic nitrogens is 1. The average Bonchev–Trinajstić information content (AvgIpc) is 2.60. The number of pyridine rings is 1. The van der Waals surface area contributed by atoms with Crippen molar-refractivity contribution in [1.29, 1.82) is 0 Å². The quantitative estimate of drug-likeness (QED) is 0.487. The van der Waals surface area contributed by atoms with Gasteiger partial charge in [0.25, 0.3) is 5.56 Å². The maximum Gasteiger partial charge on any atom is 0.342 e. The smallest absolute Gasteiger partial charge is 0.342 e. The lowest BCUT2D eigenvalue weighted by molar-refractivity contribution is 0.0695. The lowest BCUT2D eigenvalue weighted by Crippen LogP contribution is -2.27. The van der Waals surface area contributed by atoms with Gasteiger partial charge in [-0.25, -0.2) is 9.59 Å². The van der Waals surface area contributed by atoms with E-state index in [2.05, 4.69) is 4.98 Å². The Hall–Kier alpha value is -2.71. The zero-order valence-electron chi connectivity index (χ0n) is 14.0. The summed E-state index contributed by atoms with van der Waals surface area (Å²) in [5.74, 6) is -2.65. The standard InChI is InChI=1S/C17H17Cl2N3O5/c18-5-7-22(8-6-19)10-3-1-9(2-4-10)11-12(16(24)25)14(20)21-15(23)13(11)17(26)27/h1-4H,5-8H2,(H,24,25)(H,26,27)(H3,20,21,23). The molecule has 1 aromatic carbocycles. The first-order valence-electron chi connectivity index (χ1n) is 7.81. The summed E-state index contributed by atoms with van der Waals surface area (Å²) >= 11 is 11.6. The highest BCUT2D eigenvalue weighted by atomic mass is 35.5. The van der Waals surface area contributed by atoms with Crippen molar-refractivity contribution in [2.45, 2.75) is 0 Å². The fourth-order valence-electron chi connectivity index (χ4n) is 2.75. The minimum atomic E-state index is -1.55. The summed E-state index contributed by atoms with van der Waals surface area (Å²) in [5, 5.41) is 18.9. The minimum Gasteiger partial charge on any atom is -0.478 e. The number of hydrogen-bond acceptors (Lipinski definition) is 5. The maximum atomic E-state index is 12.0. The van der Waals surface area contributed by atoms with E-state index in [1.807, 2.05) is 4.90 Å². The van der Waals surface area contributed by atoms with Crippen LogP contribution in [0.1, 0.15) is 20.7 Å². The van der Waals surface area contributed by atoms with Crippen LogP contribution in [0.4, 0.5) is 11.5 Å². The van der Waals surface area contributed by atoms with Gasteiger partial charge in [-0.2, -0.15) is 0 Å². The Labute approximate surface area is 164 Å². The molecule has 0 amide bonds. The van der Waals surface area contributed by atoms with Crippen molar-refractivity contribution in [1.82, 2.24) is 4.98 Å². The highest BCUT2D eigenvalue weighted by Gasteiger charge is 2.26. The first-order chi connectivity index (χ1) is 12.8. The Morgan fingerprint density at radius 1 is 1.00 bits per heavy atom. The van der Waals surface area contributed by atoms with Gasteiger partial charge in [0, 0.05) is 36.1 Å². The fourth-order valence-corrected chi connectivity index (χ4v) is 3.16. The summed E-state index contributed by atoms with van der Waals surface area (Å²) in [7, 11) is 0. The molecule has 0 bridgehead atoms. The molecule has 0 fully saturated rings. The molecule has 0 spiro atoms. The van der Waals surface area contributed by atoms with Crippen molar-refractivity contribution >= 4 is 46.6 Å². The Bertz CT molecular complexity index is 906. The lowest BCUT2D eigenvalue weighted by atomic mass is 9.95. The Morgan fingerprint density at radius 2 is 1.52 bits per heavy atom. The van der Waals surface area contributed by atoms with Gasteiger partial charge in [-0.15, -0.1) is 23.2 Å². The molecule has 27 heavy (non-hydrogen) atoms. The minimum absolute atomic E-state index is 0.239. The number of aromatic amines is 1. The molecule has 0 saturated heterocycles. The van der Waals surface area contributed by atoms with Gasteiger partial charge in [-0.1, -0.05) is 12.1 Å². The molecule has 2 rings (SSSR count). The molecular formula is C17H17Cl2N3O5. The number of nitrogens with two attached hydrogens (primary N) is 1. The van der Waals surface area contributed by atoms with Gasteiger partial charge in [-0.3, -0.25) is 4.79 Å². The summed E-state index contributed by atoms with van der Waals surface area (Å²) in [6, 6.07) is 6.39. The number of rotatable bonds is 8. The fraction of sp³-hybridized carbons (Fsp3) is 0.235. The van der Waals surface area contributed by atoms with Crippen LogP contribution in [-0.4, -0.2) is 52.0 Å². The number of hydrogen-bond donors (Lipinski definition) is 4. The highest BCUT2D eigenvalue weighted by molar-refractivity contribution is 6.18. The van der Waals surface area contributed by atoms with Crippen molar-refractivity contribution in [2.24, 2.45) is 0 Å². The molecule has 0 unspecified atom stereocenters. The van der Waals surface area contributed by atoms with Crippen molar-refractivity contribution in [3.8, 4) is 11.1 Å². The van der Waals surface area contributed by atoms with E-state index in [0.29, 0.717) is 24.8 Å². The van der Waals surface area contributed by atoms with Crippen LogP contribution in [0.3, 0.4) is 0 Å². The van der Waals surface area contributed by atoms with Crippen molar-refractivity contribution in [3.63, 3.8) is 0 Å². The normalized spacial score (nSPS) is 10.6. The lowest BCUT2D eigenvalue weighted by Gasteiger charge is -2.23. The van der Waals surface area contributed by atoms with Crippen molar-refractivity contribution in [2.75, 3.05) is 35.5 Å². The topological polar surface area (TPSA) is 137 Å². The summed E-state index contributed by atoms with van der Waals surface area (Å²) in [6.07, 6.45) is 0. The number of carbonyl (C=O) groups is 2.